The van der Waals surface area contributed by atoms with E-state index in [0.717, 1.165) is 50.5 Å². The van der Waals surface area contributed by atoms with Crippen molar-refractivity contribution < 1.29 is 18.0 Å². The van der Waals surface area contributed by atoms with Crippen molar-refractivity contribution in [1.82, 2.24) is 9.62 Å². The monoisotopic (exact) mass is 419 g/mol. The van der Waals surface area contributed by atoms with Crippen molar-refractivity contribution in [1.29, 1.82) is 0 Å². The molecule has 2 heterocycles. The van der Waals surface area contributed by atoms with E-state index >= 15 is 0 Å². The van der Waals surface area contributed by atoms with E-state index in [9.17, 15) is 18.0 Å². The van der Waals surface area contributed by atoms with Crippen molar-refractivity contribution in [2.45, 2.75) is 75.3 Å². The van der Waals surface area contributed by atoms with Gasteiger partial charge in [-0.25, -0.2) is 8.42 Å². The van der Waals surface area contributed by atoms with Gasteiger partial charge < -0.3 is 5.32 Å². The number of carbonyl (C=O) groups is 2. The Morgan fingerprint density at radius 3 is 2.38 bits per heavy atom. The highest BCUT2D eigenvalue weighted by Gasteiger charge is 2.39. The van der Waals surface area contributed by atoms with Gasteiger partial charge in [0.25, 0.3) is 0 Å². The molecule has 29 heavy (non-hydrogen) atoms. The molecule has 3 aliphatic rings. The Morgan fingerprint density at radius 1 is 1.03 bits per heavy atom. The lowest BCUT2D eigenvalue weighted by Gasteiger charge is -2.26. The molecular formula is C21H29N3O4S. The first kappa shape index (κ1) is 20.3. The van der Waals surface area contributed by atoms with E-state index in [0.29, 0.717) is 25.2 Å². The van der Waals surface area contributed by atoms with E-state index in [1.54, 1.807) is 22.5 Å². The number of hydrogen-bond donors (Lipinski definition) is 1. The average Bonchev–Trinajstić information content (AvgIpc) is 3.35. The van der Waals surface area contributed by atoms with Gasteiger partial charge in [-0.2, -0.15) is 4.31 Å². The van der Waals surface area contributed by atoms with Crippen LogP contribution in [0.5, 0.6) is 0 Å². The Morgan fingerprint density at radius 2 is 1.72 bits per heavy atom. The second-order valence-corrected chi connectivity index (χ2v) is 10.3. The van der Waals surface area contributed by atoms with Gasteiger partial charge >= 0.3 is 0 Å². The normalized spacial score (nSPS) is 23.2. The Kier molecular flexibility index (Phi) is 5.66. The lowest BCUT2D eigenvalue weighted by Crippen LogP contribution is -2.49. The van der Waals surface area contributed by atoms with Crippen LogP contribution in [-0.4, -0.2) is 49.7 Å². The van der Waals surface area contributed by atoms with E-state index < -0.39 is 16.1 Å². The molecule has 2 aliphatic heterocycles. The molecule has 1 aliphatic carbocycles. The number of fused-ring (bicyclic) bond motifs is 1. The predicted molar refractivity (Wildman–Crippen MR) is 110 cm³/mol. The van der Waals surface area contributed by atoms with Crippen LogP contribution in [0.1, 0.15) is 57.4 Å². The Labute approximate surface area is 172 Å². The fourth-order valence-corrected chi connectivity index (χ4v) is 6.38. The van der Waals surface area contributed by atoms with Gasteiger partial charge in [-0.3, -0.25) is 14.5 Å². The number of sulfonamides is 1. The fourth-order valence-electron chi connectivity index (χ4n) is 4.81. The molecule has 0 aromatic heterocycles. The maximum atomic E-state index is 13.0. The summed E-state index contributed by atoms with van der Waals surface area (Å²) >= 11 is 0. The zero-order valence-corrected chi connectivity index (χ0v) is 17.7. The van der Waals surface area contributed by atoms with Gasteiger partial charge in [0.15, 0.2) is 0 Å². The van der Waals surface area contributed by atoms with E-state index in [4.69, 9.17) is 0 Å². The number of piperidine rings is 1. The van der Waals surface area contributed by atoms with Crippen LogP contribution in [0.3, 0.4) is 0 Å². The lowest BCUT2D eigenvalue weighted by molar-refractivity contribution is -0.126. The van der Waals surface area contributed by atoms with E-state index in [-0.39, 0.29) is 22.8 Å². The number of benzene rings is 1. The SMILES string of the molecule is CC(=O)N1c2ccc(S(=O)(=O)N3CCCCC3)cc2C[C@@H]1C(=O)NC1CCCC1. The second kappa shape index (κ2) is 8.07. The molecule has 2 amide bonds. The molecule has 4 rings (SSSR count). The van der Waals surface area contributed by atoms with Gasteiger partial charge in [0.05, 0.1) is 4.90 Å². The zero-order valence-electron chi connectivity index (χ0n) is 16.9. The van der Waals surface area contributed by atoms with Gasteiger partial charge in [-0.05, 0) is 49.4 Å². The molecule has 1 aromatic rings. The quantitative estimate of drug-likeness (QED) is 0.811. The first-order chi connectivity index (χ1) is 13.9. The summed E-state index contributed by atoms with van der Waals surface area (Å²) < 4.78 is 27.6. The Balaban J connectivity index is 1.59. The van der Waals surface area contributed by atoms with Crippen LogP contribution in [0.4, 0.5) is 5.69 Å². The maximum absolute atomic E-state index is 13.0. The summed E-state index contributed by atoms with van der Waals surface area (Å²) in [7, 11) is -3.55. The third-order valence-corrected chi connectivity index (χ3v) is 8.23. The first-order valence-corrected chi connectivity index (χ1v) is 12.0. The van der Waals surface area contributed by atoms with Crippen LogP contribution >= 0.6 is 0 Å². The van der Waals surface area contributed by atoms with E-state index in [1.165, 1.54) is 11.8 Å². The number of nitrogens with one attached hydrogen (secondary N) is 1. The van der Waals surface area contributed by atoms with Crippen molar-refractivity contribution in [2.75, 3.05) is 18.0 Å². The van der Waals surface area contributed by atoms with Crippen molar-refractivity contribution in [3.05, 3.63) is 23.8 Å². The molecular weight excluding hydrogens is 390 g/mol. The van der Waals surface area contributed by atoms with Crippen LogP contribution in [0.25, 0.3) is 0 Å². The third-order valence-electron chi connectivity index (χ3n) is 6.33. The highest BCUT2D eigenvalue weighted by Crippen LogP contribution is 2.35. The Bertz CT molecular complexity index is 903. The van der Waals surface area contributed by atoms with Crippen LogP contribution in [0.15, 0.2) is 23.1 Å². The second-order valence-electron chi connectivity index (χ2n) is 8.35. The van der Waals surface area contributed by atoms with Gasteiger partial charge in [-0.15, -0.1) is 0 Å². The van der Waals surface area contributed by atoms with Crippen molar-refractivity contribution >= 4 is 27.5 Å². The summed E-state index contributed by atoms with van der Waals surface area (Å²) in [6, 6.07) is 4.45. The minimum atomic E-state index is -3.55. The maximum Gasteiger partial charge on any atom is 0.243 e. The van der Waals surface area contributed by atoms with Crippen LogP contribution in [0, 0.1) is 0 Å². The van der Waals surface area contributed by atoms with Crippen LogP contribution < -0.4 is 10.2 Å². The minimum absolute atomic E-state index is 0.149. The standard InChI is InChI=1S/C21H29N3O4S/c1-15(25)24-19-10-9-18(29(27,28)23-11-5-2-6-12-23)13-16(19)14-20(24)21(26)22-17-7-3-4-8-17/h9-10,13,17,20H,2-8,11-12,14H2,1H3,(H,22,26)/t20-/m1/s1. The molecule has 1 N–H and O–H groups in total. The Hall–Kier alpha value is -1.93. The van der Waals surface area contributed by atoms with Gasteiger partial charge in [0, 0.05) is 38.2 Å². The van der Waals surface area contributed by atoms with Crippen molar-refractivity contribution in [2.24, 2.45) is 0 Å². The molecule has 0 bridgehead atoms. The molecule has 0 radical (unpaired) electrons. The van der Waals surface area contributed by atoms with Crippen molar-refractivity contribution in [3.63, 3.8) is 0 Å². The summed E-state index contributed by atoms with van der Waals surface area (Å²) in [6.45, 7) is 2.54. The minimum Gasteiger partial charge on any atom is -0.352 e. The number of hydrogen-bond acceptors (Lipinski definition) is 4. The molecule has 158 valence electrons. The largest absolute Gasteiger partial charge is 0.352 e. The van der Waals surface area contributed by atoms with E-state index in [1.807, 2.05) is 0 Å². The van der Waals surface area contributed by atoms with E-state index in [2.05, 4.69) is 5.32 Å². The highest BCUT2D eigenvalue weighted by atomic mass is 32.2. The van der Waals surface area contributed by atoms with Gasteiger partial charge in [0.1, 0.15) is 6.04 Å². The summed E-state index contributed by atoms with van der Waals surface area (Å²) in [5, 5.41) is 3.08. The smallest absolute Gasteiger partial charge is 0.243 e. The van der Waals surface area contributed by atoms with Crippen LogP contribution in [0.2, 0.25) is 0 Å². The number of rotatable bonds is 4. The molecule has 1 aromatic carbocycles. The summed E-state index contributed by atoms with van der Waals surface area (Å²) in [5.74, 6) is -0.356. The topological polar surface area (TPSA) is 86.8 Å². The highest BCUT2D eigenvalue weighted by molar-refractivity contribution is 7.89. The molecule has 1 saturated carbocycles. The molecule has 1 saturated heterocycles. The molecule has 1 atom stereocenters. The average molecular weight is 420 g/mol. The molecule has 7 nitrogen and oxygen atoms in total. The number of nitrogens with zero attached hydrogens (tertiary/aromatic N) is 2. The predicted octanol–water partition coefficient (Wildman–Crippen LogP) is 2.20. The zero-order chi connectivity index (χ0) is 20.6. The molecule has 8 heteroatoms. The van der Waals surface area contributed by atoms with Gasteiger partial charge in [0.2, 0.25) is 21.8 Å². The van der Waals surface area contributed by atoms with Crippen LogP contribution in [-0.2, 0) is 26.0 Å². The number of carbonyl (C=O) groups excluding carboxylic acids is 2. The molecule has 0 spiro atoms. The van der Waals surface area contributed by atoms with Gasteiger partial charge in [-0.1, -0.05) is 19.3 Å². The number of amides is 2. The fraction of sp³-hybridized carbons (Fsp3) is 0.619. The molecule has 0 unspecified atom stereocenters. The molecule has 2 fully saturated rings. The summed E-state index contributed by atoms with van der Waals surface area (Å²) in [4.78, 5) is 27.0. The summed E-state index contributed by atoms with van der Waals surface area (Å²) in [6.07, 6.45) is 7.34. The van der Waals surface area contributed by atoms with Crippen molar-refractivity contribution in [3.8, 4) is 0 Å². The summed E-state index contributed by atoms with van der Waals surface area (Å²) in [5.41, 5.74) is 1.38. The lowest BCUT2D eigenvalue weighted by atomic mass is 10.1. The first-order valence-electron chi connectivity index (χ1n) is 10.6. The number of anilines is 1. The third kappa shape index (κ3) is 3.92.